The minimum Gasteiger partial charge on any atom is -1.00 e. The first-order chi connectivity index (χ1) is 13.9. The lowest BCUT2D eigenvalue weighted by atomic mass is 9.75. The number of benzene rings is 1. The van der Waals surface area contributed by atoms with Crippen LogP contribution >= 0.6 is 0 Å². The van der Waals surface area contributed by atoms with Crippen LogP contribution in [-0.2, 0) is 23.0 Å². The average Bonchev–Trinajstić information content (AvgIpc) is 3.48. The van der Waals surface area contributed by atoms with Crippen LogP contribution in [0.1, 0.15) is 71.7 Å². The molecule has 0 saturated heterocycles. The Morgan fingerprint density at radius 3 is 2.53 bits per heavy atom. The summed E-state index contributed by atoms with van der Waals surface area (Å²) >= 11 is 0. The van der Waals surface area contributed by atoms with Crippen LogP contribution in [0.3, 0.4) is 0 Å². The molecular weight excluding hydrogens is 487 g/mol. The van der Waals surface area contributed by atoms with E-state index >= 15 is 0 Å². The maximum absolute atomic E-state index is 13.6. The van der Waals surface area contributed by atoms with E-state index in [2.05, 4.69) is 68.1 Å². The molecule has 166 valence electrons. The zero-order chi connectivity index (χ0) is 20.7. The van der Waals surface area contributed by atoms with Gasteiger partial charge in [-0.15, -0.1) is 0 Å². The smallest absolute Gasteiger partial charge is 0.352 e. The Labute approximate surface area is 198 Å². The Morgan fingerprint density at radius 2 is 1.90 bits per heavy atom. The molecule has 4 rings (SSSR count). The lowest BCUT2D eigenvalue weighted by Crippen LogP contribution is -3.00. The van der Waals surface area contributed by atoms with Gasteiger partial charge in [0.25, 0.3) is 5.82 Å². The van der Waals surface area contributed by atoms with Gasteiger partial charge in [-0.1, -0.05) is 46.2 Å². The highest BCUT2D eigenvalue weighted by atomic mass is 127. The number of aryl methyl sites for hydroxylation is 1. The highest BCUT2D eigenvalue weighted by Crippen LogP contribution is 2.43. The maximum Gasteiger partial charge on any atom is 0.352 e. The fourth-order valence-electron chi connectivity index (χ4n) is 5.50. The van der Waals surface area contributed by atoms with Gasteiger partial charge in [0.1, 0.15) is 6.10 Å². The molecule has 0 spiro atoms. The van der Waals surface area contributed by atoms with Crippen molar-refractivity contribution < 1.29 is 38.1 Å². The van der Waals surface area contributed by atoms with Crippen molar-refractivity contribution in [3.05, 3.63) is 30.1 Å². The molecule has 4 nitrogen and oxygen atoms in total. The van der Waals surface area contributed by atoms with Crippen molar-refractivity contribution in [1.82, 2.24) is 4.57 Å². The molecule has 0 N–H and O–H groups in total. The first kappa shape index (κ1) is 23.6. The van der Waals surface area contributed by atoms with Gasteiger partial charge in [-0.2, -0.15) is 0 Å². The summed E-state index contributed by atoms with van der Waals surface area (Å²) in [5.41, 5.74) is 2.34. The summed E-state index contributed by atoms with van der Waals surface area (Å²) in [7, 11) is 2.12. The van der Waals surface area contributed by atoms with Crippen LogP contribution < -0.4 is 28.5 Å². The van der Waals surface area contributed by atoms with Gasteiger partial charge >= 0.3 is 5.97 Å². The van der Waals surface area contributed by atoms with Crippen molar-refractivity contribution >= 4 is 17.0 Å². The van der Waals surface area contributed by atoms with E-state index in [0.717, 1.165) is 31.2 Å². The monoisotopic (exact) mass is 524 g/mol. The molecule has 2 fully saturated rings. The SMILES string of the molecule is CCc1n([C@@H](C(=O)OC2C[C@H](C)CC[C@H]2C(C)C)C2CC2)c2ccccc2[n+]1C.[I-]. The standard InChI is InChI=1S/C25H37N2O2.HI/c1-6-23-26(5)20-9-7-8-10-21(20)27(23)24(18-12-13-18)25(28)29-22-15-17(4)11-14-19(22)16(2)3;/h7-10,16-19,22,24H,6,11-15H2,1-5H3;1H/q+1;/p-1/t17-,19+,22?,24-;/m1./s1. The molecule has 2 aromatic rings. The molecule has 30 heavy (non-hydrogen) atoms. The number of carbonyl (C=O) groups excluding carboxylic acids is 1. The number of esters is 1. The topological polar surface area (TPSA) is 35.1 Å². The highest BCUT2D eigenvalue weighted by molar-refractivity contribution is 5.80. The van der Waals surface area contributed by atoms with Crippen LogP contribution in [0.25, 0.3) is 11.0 Å². The molecular formula is C25H37IN2O2. The number of imidazole rings is 1. The molecule has 1 aromatic carbocycles. The van der Waals surface area contributed by atoms with Gasteiger partial charge in [0, 0.05) is 12.3 Å². The van der Waals surface area contributed by atoms with Crippen molar-refractivity contribution in [1.29, 1.82) is 0 Å². The predicted molar refractivity (Wildman–Crippen MR) is 115 cm³/mol. The third kappa shape index (κ3) is 4.42. The molecule has 0 bridgehead atoms. The van der Waals surface area contributed by atoms with Crippen LogP contribution in [0.4, 0.5) is 0 Å². The number of aromatic nitrogens is 2. The summed E-state index contributed by atoms with van der Waals surface area (Å²) in [6.45, 7) is 9.02. The molecule has 0 aliphatic heterocycles. The first-order valence-corrected chi connectivity index (χ1v) is 11.6. The summed E-state index contributed by atoms with van der Waals surface area (Å²) in [6.07, 6.45) is 6.63. The van der Waals surface area contributed by atoms with E-state index in [-0.39, 0.29) is 42.1 Å². The summed E-state index contributed by atoms with van der Waals surface area (Å²) in [5, 5.41) is 0. The molecule has 2 aliphatic rings. The summed E-state index contributed by atoms with van der Waals surface area (Å²) < 4.78 is 10.9. The minimum atomic E-state index is -0.193. The summed E-state index contributed by atoms with van der Waals surface area (Å²) in [4.78, 5) is 13.6. The summed E-state index contributed by atoms with van der Waals surface area (Å²) in [5.74, 6) is 3.28. The molecule has 1 heterocycles. The minimum absolute atomic E-state index is 0. The van der Waals surface area contributed by atoms with E-state index in [4.69, 9.17) is 4.74 Å². The van der Waals surface area contributed by atoms with Crippen LogP contribution in [0.5, 0.6) is 0 Å². The summed E-state index contributed by atoms with van der Waals surface area (Å²) in [6, 6.07) is 8.26. The number of rotatable bonds is 6. The van der Waals surface area contributed by atoms with Crippen LogP contribution in [-0.4, -0.2) is 16.6 Å². The fourth-order valence-corrected chi connectivity index (χ4v) is 5.50. The zero-order valence-corrected chi connectivity index (χ0v) is 21.3. The Bertz CT molecular complexity index is 887. The molecule has 2 aliphatic carbocycles. The Morgan fingerprint density at radius 1 is 1.20 bits per heavy atom. The van der Waals surface area contributed by atoms with Crippen molar-refractivity contribution in [2.24, 2.45) is 30.7 Å². The second-order valence-electron chi connectivity index (χ2n) is 9.77. The third-order valence-corrected chi connectivity index (χ3v) is 7.30. The van der Waals surface area contributed by atoms with E-state index in [9.17, 15) is 4.79 Å². The van der Waals surface area contributed by atoms with E-state index in [1.807, 2.05) is 0 Å². The molecule has 0 amide bonds. The molecule has 5 heteroatoms. The van der Waals surface area contributed by atoms with Crippen LogP contribution in [0.2, 0.25) is 0 Å². The number of halogens is 1. The van der Waals surface area contributed by atoms with Gasteiger partial charge < -0.3 is 28.7 Å². The number of ether oxygens (including phenoxy) is 1. The lowest BCUT2D eigenvalue weighted by Gasteiger charge is -2.37. The second kappa shape index (κ2) is 9.58. The van der Waals surface area contributed by atoms with E-state index in [1.54, 1.807) is 0 Å². The Kier molecular flexibility index (Phi) is 7.52. The second-order valence-corrected chi connectivity index (χ2v) is 9.77. The first-order valence-electron chi connectivity index (χ1n) is 11.6. The lowest BCUT2D eigenvalue weighted by molar-refractivity contribution is -0.654. The van der Waals surface area contributed by atoms with Crippen molar-refractivity contribution in [2.75, 3.05) is 0 Å². The van der Waals surface area contributed by atoms with E-state index in [1.165, 1.54) is 24.2 Å². The third-order valence-electron chi connectivity index (χ3n) is 7.30. The Hall–Kier alpha value is -1.11. The molecule has 4 atom stereocenters. The number of fused-ring (bicyclic) bond motifs is 1. The highest BCUT2D eigenvalue weighted by Gasteiger charge is 2.46. The zero-order valence-electron chi connectivity index (χ0n) is 19.1. The van der Waals surface area contributed by atoms with Gasteiger partial charge in [-0.25, -0.2) is 13.9 Å². The van der Waals surface area contributed by atoms with Crippen molar-refractivity contribution in [3.63, 3.8) is 0 Å². The maximum atomic E-state index is 13.6. The molecule has 0 radical (unpaired) electrons. The fraction of sp³-hybridized carbons (Fsp3) is 0.680. The van der Waals surface area contributed by atoms with Crippen LogP contribution in [0.15, 0.2) is 24.3 Å². The van der Waals surface area contributed by atoms with Gasteiger partial charge in [-0.3, -0.25) is 0 Å². The number of carbonyl (C=O) groups is 1. The largest absolute Gasteiger partial charge is 1.00 e. The van der Waals surface area contributed by atoms with Crippen LogP contribution in [0, 0.1) is 23.7 Å². The van der Waals surface area contributed by atoms with E-state index < -0.39 is 0 Å². The normalized spacial score (nSPS) is 25.2. The molecule has 2 saturated carbocycles. The predicted octanol–water partition coefficient (Wildman–Crippen LogP) is 1.99. The quantitative estimate of drug-likeness (QED) is 0.329. The molecule has 1 aromatic heterocycles. The van der Waals surface area contributed by atoms with Crippen molar-refractivity contribution in [2.45, 2.75) is 78.4 Å². The van der Waals surface area contributed by atoms with Gasteiger partial charge in [-0.05, 0) is 55.6 Å². The Balaban J connectivity index is 0.00000256. The van der Waals surface area contributed by atoms with Gasteiger partial charge in [0.05, 0.1) is 7.05 Å². The number of para-hydroxylation sites is 2. The van der Waals surface area contributed by atoms with Crippen molar-refractivity contribution in [3.8, 4) is 0 Å². The van der Waals surface area contributed by atoms with Gasteiger partial charge in [0.2, 0.25) is 6.04 Å². The van der Waals surface area contributed by atoms with E-state index in [0.29, 0.717) is 23.7 Å². The molecule has 1 unspecified atom stereocenters. The number of nitrogens with zero attached hydrogens (tertiary/aromatic N) is 2. The van der Waals surface area contributed by atoms with Gasteiger partial charge in [0.15, 0.2) is 11.0 Å². The number of hydrogen-bond acceptors (Lipinski definition) is 2. The number of hydrogen-bond donors (Lipinski definition) is 0. The average molecular weight is 524 g/mol.